The molecule has 112 valence electrons. The number of H-pyrrole nitrogens is 1. The molecule has 1 aliphatic heterocycles. The molecule has 0 spiro atoms. The molecule has 2 heterocycles. The van der Waals surface area contributed by atoms with Gasteiger partial charge >= 0.3 is 0 Å². The summed E-state index contributed by atoms with van der Waals surface area (Å²) in [5, 5.41) is 4.11. The zero-order chi connectivity index (χ0) is 15.0. The van der Waals surface area contributed by atoms with Gasteiger partial charge in [-0.25, -0.2) is 0 Å². The largest absolute Gasteiger partial charge is 0.373 e. The Balaban J connectivity index is 1.76. The van der Waals surface area contributed by atoms with Crippen LogP contribution in [0.25, 0.3) is 10.9 Å². The van der Waals surface area contributed by atoms with Gasteiger partial charge in [-0.3, -0.25) is 4.79 Å². The summed E-state index contributed by atoms with van der Waals surface area (Å²) in [7, 11) is 0. The quantitative estimate of drug-likeness (QED) is 0.911. The second-order valence-electron chi connectivity index (χ2n) is 6.22. The fourth-order valence-electron chi connectivity index (χ4n) is 2.95. The molecule has 3 rings (SSSR count). The van der Waals surface area contributed by atoms with Gasteiger partial charge in [0.15, 0.2) is 0 Å². The summed E-state index contributed by atoms with van der Waals surface area (Å²) in [6.07, 6.45) is 2.07. The van der Waals surface area contributed by atoms with Crippen molar-refractivity contribution >= 4 is 16.8 Å². The van der Waals surface area contributed by atoms with E-state index in [-0.39, 0.29) is 11.5 Å². The van der Waals surface area contributed by atoms with Crippen molar-refractivity contribution in [2.45, 2.75) is 39.2 Å². The molecular formula is C17H22N2O2. The monoisotopic (exact) mass is 286 g/mol. The third-order valence-corrected chi connectivity index (χ3v) is 4.49. The van der Waals surface area contributed by atoms with Gasteiger partial charge in [-0.2, -0.15) is 0 Å². The first-order valence-electron chi connectivity index (χ1n) is 7.50. The maximum atomic E-state index is 12.3. The Morgan fingerprint density at radius 2 is 2.24 bits per heavy atom. The van der Waals surface area contributed by atoms with Crippen LogP contribution in [0.5, 0.6) is 0 Å². The van der Waals surface area contributed by atoms with Crippen LogP contribution < -0.4 is 5.32 Å². The number of rotatable bonds is 3. The van der Waals surface area contributed by atoms with E-state index in [1.54, 1.807) is 0 Å². The molecule has 4 nitrogen and oxygen atoms in total. The van der Waals surface area contributed by atoms with E-state index in [9.17, 15) is 4.79 Å². The molecule has 1 fully saturated rings. The fourth-order valence-corrected chi connectivity index (χ4v) is 2.95. The number of carbonyl (C=O) groups excluding carboxylic acids is 1. The number of aromatic nitrogens is 1. The molecule has 1 amide bonds. The van der Waals surface area contributed by atoms with Gasteiger partial charge < -0.3 is 15.0 Å². The number of benzene rings is 1. The lowest BCUT2D eigenvalue weighted by molar-refractivity contribution is 0.0206. The van der Waals surface area contributed by atoms with Crippen LogP contribution in [-0.4, -0.2) is 29.6 Å². The van der Waals surface area contributed by atoms with Crippen LogP contribution in [0.15, 0.2) is 18.2 Å². The van der Waals surface area contributed by atoms with Crippen molar-refractivity contribution in [2.24, 2.45) is 0 Å². The molecule has 0 saturated carbocycles. The van der Waals surface area contributed by atoms with Crippen LogP contribution in [0.4, 0.5) is 0 Å². The summed E-state index contributed by atoms with van der Waals surface area (Å²) in [5.74, 6) is -0.0353. The van der Waals surface area contributed by atoms with E-state index < -0.39 is 0 Å². The highest BCUT2D eigenvalue weighted by Crippen LogP contribution is 2.25. The van der Waals surface area contributed by atoms with Gasteiger partial charge in [0.25, 0.3) is 5.91 Å². The Labute approximate surface area is 124 Å². The third kappa shape index (κ3) is 2.68. The molecule has 2 aromatic rings. The summed E-state index contributed by atoms with van der Waals surface area (Å²) >= 11 is 0. The maximum Gasteiger partial charge on any atom is 0.251 e. The molecule has 0 bridgehead atoms. The number of aromatic amines is 1. The lowest BCUT2D eigenvalue weighted by atomic mass is 10.0. The van der Waals surface area contributed by atoms with Gasteiger partial charge in [-0.05, 0) is 57.4 Å². The zero-order valence-corrected chi connectivity index (χ0v) is 12.9. The molecule has 0 aliphatic carbocycles. The van der Waals surface area contributed by atoms with Crippen molar-refractivity contribution in [1.82, 2.24) is 10.3 Å². The van der Waals surface area contributed by atoms with Crippen LogP contribution in [0.3, 0.4) is 0 Å². The maximum absolute atomic E-state index is 12.3. The molecular weight excluding hydrogens is 264 g/mol. The number of ether oxygens (including phenoxy) is 1. The highest BCUT2D eigenvalue weighted by Gasteiger charge is 2.30. The summed E-state index contributed by atoms with van der Waals surface area (Å²) in [6, 6.07) is 5.80. The SMILES string of the molecule is Cc1[nH]c2ccc(C(=O)NCC3(C)CCCO3)cc2c1C. The lowest BCUT2D eigenvalue weighted by Crippen LogP contribution is -2.40. The minimum Gasteiger partial charge on any atom is -0.373 e. The summed E-state index contributed by atoms with van der Waals surface area (Å²) in [4.78, 5) is 15.7. The first kappa shape index (κ1) is 14.1. The molecule has 1 aromatic heterocycles. The van der Waals surface area contributed by atoms with Gasteiger partial charge in [-0.15, -0.1) is 0 Å². The van der Waals surface area contributed by atoms with Crippen LogP contribution in [0.1, 0.15) is 41.4 Å². The van der Waals surface area contributed by atoms with E-state index in [1.807, 2.05) is 25.1 Å². The van der Waals surface area contributed by atoms with Gasteiger partial charge in [-0.1, -0.05) is 0 Å². The standard InChI is InChI=1S/C17H22N2O2/c1-11-12(2)19-15-6-5-13(9-14(11)15)16(20)18-10-17(3)7-4-8-21-17/h5-6,9,19H,4,7-8,10H2,1-3H3,(H,18,20). The number of fused-ring (bicyclic) bond motifs is 1. The average Bonchev–Trinajstić information content (AvgIpc) is 3.02. The number of carbonyl (C=O) groups is 1. The van der Waals surface area contributed by atoms with E-state index in [0.29, 0.717) is 12.1 Å². The second kappa shape index (κ2) is 5.19. The molecule has 1 saturated heterocycles. The van der Waals surface area contributed by atoms with Crippen molar-refractivity contribution in [3.8, 4) is 0 Å². The van der Waals surface area contributed by atoms with Crippen molar-refractivity contribution in [1.29, 1.82) is 0 Å². The van der Waals surface area contributed by atoms with Crippen LogP contribution in [0, 0.1) is 13.8 Å². The summed E-state index contributed by atoms with van der Waals surface area (Å²) in [6.45, 7) is 7.54. The second-order valence-corrected chi connectivity index (χ2v) is 6.22. The fraction of sp³-hybridized carbons (Fsp3) is 0.471. The van der Waals surface area contributed by atoms with Gasteiger partial charge in [0.1, 0.15) is 0 Å². The zero-order valence-electron chi connectivity index (χ0n) is 12.9. The number of nitrogens with one attached hydrogen (secondary N) is 2. The summed E-state index contributed by atoms with van der Waals surface area (Å²) < 4.78 is 5.70. The number of hydrogen-bond donors (Lipinski definition) is 2. The highest BCUT2D eigenvalue weighted by atomic mass is 16.5. The topological polar surface area (TPSA) is 54.1 Å². The van der Waals surface area contributed by atoms with E-state index in [2.05, 4.69) is 24.1 Å². The van der Waals surface area contributed by atoms with Crippen LogP contribution in [-0.2, 0) is 4.74 Å². The Morgan fingerprint density at radius 3 is 2.95 bits per heavy atom. The Morgan fingerprint density at radius 1 is 1.43 bits per heavy atom. The third-order valence-electron chi connectivity index (χ3n) is 4.49. The average molecular weight is 286 g/mol. The molecule has 1 unspecified atom stereocenters. The number of aryl methyl sites for hydroxylation is 2. The molecule has 0 radical (unpaired) electrons. The Bertz CT molecular complexity index is 681. The minimum absolute atomic E-state index is 0.0353. The van der Waals surface area contributed by atoms with Crippen molar-refractivity contribution < 1.29 is 9.53 Å². The normalized spacial score (nSPS) is 21.9. The predicted octanol–water partition coefficient (Wildman–Crippen LogP) is 3.08. The van der Waals surface area contributed by atoms with E-state index in [4.69, 9.17) is 4.74 Å². The summed E-state index contributed by atoms with van der Waals surface area (Å²) in [5.41, 5.74) is 3.92. The predicted molar refractivity (Wildman–Crippen MR) is 83.7 cm³/mol. The minimum atomic E-state index is -0.208. The van der Waals surface area contributed by atoms with Gasteiger partial charge in [0, 0.05) is 35.3 Å². The highest BCUT2D eigenvalue weighted by molar-refractivity contribution is 5.99. The Kier molecular flexibility index (Phi) is 3.49. The van der Waals surface area contributed by atoms with Crippen molar-refractivity contribution in [3.05, 3.63) is 35.0 Å². The van der Waals surface area contributed by atoms with Crippen molar-refractivity contribution in [2.75, 3.05) is 13.2 Å². The first-order chi connectivity index (χ1) is 9.98. The van der Waals surface area contributed by atoms with E-state index in [1.165, 1.54) is 5.56 Å². The van der Waals surface area contributed by atoms with E-state index >= 15 is 0 Å². The van der Waals surface area contributed by atoms with Gasteiger partial charge in [0.05, 0.1) is 5.60 Å². The van der Waals surface area contributed by atoms with Gasteiger partial charge in [0.2, 0.25) is 0 Å². The van der Waals surface area contributed by atoms with Crippen LogP contribution in [0.2, 0.25) is 0 Å². The molecule has 2 N–H and O–H groups in total. The number of hydrogen-bond acceptors (Lipinski definition) is 2. The first-order valence-corrected chi connectivity index (χ1v) is 7.50. The lowest BCUT2D eigenvalue weighted by Gasteiger charge is -2.23. The molecule has 1 aromatic carbocycles. The smallest absolute Gasteiger partial charge is 0.251 e. The molecule has 21 heavy (non-hydrogen) atoms. The van der Waals surface area contributed by atoms with E-state index in [0.717, 1.165) is 36.0 Å². The number of amides is 1. The Hall–Kier alpha value is -1.81. The van der Waals surface area contributed by atoms with Crippen LogP contribution >= 0.6 is 0 Å². The molecule has 1 atom stereocenters. The van der Waals surface area contributed by atoms with Crippen molar-refractivity contribution in [3.63, 3.8) is 0 Å². The molecule has 1 aliphatic rings. The molecule has 4 heteroatoms.